The number of para-hydroxylation sites is 4. The van der Waals surface area contributed by atoms with E-state index in [1.54, 1.807) is 12.4 Å². The molecule has 3 heterocycles. The lowest BCUT2D eigenvalue weighted by molar-refractivity contribution is -0.167. The maximum atomic E-state index is 14.2. The Balaban J connectivity index is 1.60. The average Bonchev–Trinajstić information content (AvgIpc) is 3.52. The Morgan fingerprint density at radius 1 is 0.700 bits per heavy atom. The van der Waals surface area contributed by atoms with Gasteiger partial charge in [0.2, 0.25) is 0 Å². The maximum absolute atomic E-state index is 14.2. The molecule has 6 rings (SSSR count). The zero-order valence-corrected chi connectivity index (χ0v) is 21.3. The second kappa shape index (κ2) is 8.98. The van der Waals surface area contributed by atoms with Crippen LogP contribution in [0.3, 0.4) is 0 Å². The van der Waals surface area contributed by atoms with Crippen molar-refractivity contribution in [1.29, 1.82) is 0 Å². The third-order valence-electron chi connectivity index (χ3n) is 7.07. The summed E-state index contributed by atoms with van der Waals surface area (Å²) in [5, 5.41) is 3.28. The molecule has 40 heavy (non-hydrogen) atoms. The molecule has 2 aromatic heterocycles. The molecule has 0 spiro atoms. The van der Waals surface area contributed by atoms with Gasteiger partial charge in [0.1, 0.15) is 0 Å². The van der Waals surface area contributed by atoms with Crippen LogP contribution in [-0.2, 0) is 28.5 Å². The normalized spacial score (nSPS) is 14.2. The number of carbonyl (C=O) groups excluding carboxylic acids is 3. The number of hydrogen-bond acceptors (Lipinski definition) is 3. The summed E-state index contributed by atoms with van der Waals surface area (Å²) in [6, 6.07) is 20.3. The topological polar surface area (TPSA) is 76.3 Å². The van der Waals surface area contributed by atoms with Gasteiger partial charge < -0.3 is 14.5 Å². The van der Waals surface area contributed by atoms with Gasteiger partial charge in [-0.1, -0.05) is 48.5 Å². The summed E-state index contributed by atoms with van der Waals surface area (Å²) in [6.45, 7) is 0. The number of nitrogens with zero attached hydrogens (tertiary/aromatic N) is 3. The van der Waals surface area contributed by atoms with Crippen LogP contribution in [0.1, 0.15) is 11.1 Å². The average molecular weight is 543 g/mol. The summed E-state index contributed by atoms with van der Waals surface area (Å²) >= 11 is 0. The van der Waals surface area contributed by atoms with Crippen LogP contribution in [0.4, 0.5) is 24.5 Å². The Morgan fingerprint density at radius 2 is 1.15 bits per heavy atom. The standard InChI is InChI=1S/C30H21F3N4O3/c1-35-15-19(17-9-3-6-12-22(17)35)25-26(20-16-36(2)23-13-7-4-10-18(20)23)28(39)37(27(25)38)24-14-8-5-11-21(24)34-29(40)30(31,32)33/h3-16H,1-2H3,(H,34,40). The van der Waals surface area contributed by atoms with E-state index in [-0.39, 0.29) is 22.5 Å². The third kappa shape index (κ3) is 3.79. The van der Waals surface area contributed by atoms with Crippen molar-refractivity contribution in [1.82, 2.24) is 9.13 Å². The van der Waals surface area contributed by atoms with E-state index in [1.165, 1.54) is 24.3 Å². The van der Waals surface area contributed by atoms with Crippen LogP contribution in [0.5, 0.6) is 0 Å². The minimum absolute atomic E-state index is 0.120. The highest BCUT2D eigenvalue weighted by atomic mass is 19.4. The molecule has 3 aromatic carbocycles. The number of amides is 3. The fourth-order valence-corrected chi connectivity index (χ4v) is 5.30. The summed E-state index contributed by atoms with van der Waals surface area (Å²) in [6.07, 6.45) is -1.64. The highest BCUT2D eigenvalue weighted by Gasteiger charge is 2.44. The number of nitrogens with one attached hydrogen (secondary N) is 1. The largest absolute Gasteiger partial charge is 0.471 e. The highest BCUT2D eigenvalue weighted by molar-refractivity contribution is 6.58. The Bertz CT molecular complexity index is 1810. The summed E-state index contributed by atoms with van der Waals surface area (Å²) < 4.78 is 43.0. The van der Waals surface area contributed by atoms with Crippen molar-refractivity contribution in [3.63, 3.8) is 0 Å². The minimum Gasteiger partial charge on any atom is -0.350 e. The molecule has 0 unspecified atom stereocenters. The number of fused-ring (bicyclic) bond motifs is 2. The van der Waals surface area contributed by atoms with E-state index in [2.05, 4.69) is 0 Å². The summed E-state index contributed by atoms with van der Waals surface area (Å²) in [7, 11) is 3.65. The number of anilines is 2. The predicted molar refractivity (Wildman–Crippen MR) is 146 cm³/mol. The number of aryl methyl sites for hydroxylation is 2. The zero-order chi connectivity index (χ0) is 28.3. The van der Waals surface area contributed by atoms with Crippen LogP contribution in [0.25, 0.3) is 33.0 Å². The van der Waals surface area contributed by atoms with Gasteiger partial charge in [-0.3, -0.25) is 14.4 Å². The number of benzene rings is 3. The van der Waals surface area contributed by atoms with Gasteiger partial charge in [-0.15, -0.1) is 0 Å². The quantitative estimate of drug-likeness (QED) is 0.298. The first-order chi connectivity index (χ1) is 19.1. The van der Waals surface area contributed by atoms with Crippen molar-refractivity contribution in [3.05, 3.63) is 96.3 Å². The number of alkyl halides is 3. The van der Waals surface area contributed by atoms with E-state index < -0.39 is 23.9 Å². The van der Waals surface area contributed by atoms with E-state index in [9.17, 15) is 27.6 Å². The highest BCUT2D eigenvalue weighted by Crippen LogP contribution is 2.44. The van der Waals surface area contributed by atoms with Crippen LogP contribution >= 0.6 is 0 Å². The molecule has 10 heteroatoms. The Hall–Kier alpha value is -5.12. The monoisotopic (exact) mass is 542 g/mol. The second-order valence-corrected chi connectivity index (χ2v) is 9.51. The Labute approximate surface area is 225 Å². The SMILES string of the molecule is Cn1cc(C2=C(c3cn(C)c4ccccc34)C(=O)N(c3ccccc3NC(=O)C(F)(F)F)C2=O)c2ccccc21. The second-order valence-electron chi connectivity index (χ2n) is 9.51. The van der Waals surface area contributed by atoms with Gasteiger partial charge in [0.15, 0.2) is 0 Å². The molecule has 1 aliphatic rings. The molecule has 0 radical (unpaired) electrons. The van der Waals surface area contributed by atoms with E-state index in [0.29, 0.717) is 11.1 Å². The third-order valence-corrected chi connectivity index (χ3v) is 7.07. The molecule has 0 atom stereocenters. The van der Waals surface area contributed by atoms with E-state index >= 15 is 0 Å². The molecule has 7 nitrogen and oxygen atoms in total. The van der Waals surface area contributed by atoms with Crippen LogP contribution in [0, 0.1) is 0 Å². The lowest BCUT2D eigenvalue weighted by Crippen LogP contribution is -2.34. The predicted octanol–water partition coefficient (Wildman–Crippen LogP) is 5.66. The summed E-state index contributed by atoms with van der Waals surface area (Å²) in [4.78, 5) is 41.1. The molecule has 0 bridgehead atoms. The molecule has 1 aliphatic heterocycles. The van der Waals surface area contributed by atoms with Crippen molar-refractivity contribution in [2.45, 2.75) is 6.18 Å². The van der Waals surface area contributed by atoms with Gasteiger partial charge in [-0.25, -0.2) is 4.90 Å². The van der Waals surface area contributed by atoms with Crippen molar-refractivity contribution in [2.24, 2.45) is 14.1 Å². The molecular formula is C30H21F3N4O3. The van der Waals surface area contributed by atoms with Crippen LogP contribution in [-0.4, -0.2) is 33.0 Å². The van der Waals surface area contributed by atoms with Gasteiger partial charge in [0.05, 0.1) is 22.5 Å². The van der Waals surface area contributed by atoms with E-state index in [4.69, 9.17) is 0 Å². The lowest BCUT2D eigenvalue weighted by atomic mass is 9.95. The molecule has 0 saturated carbocycles. The van der Waals surface area contributed by atoms with Gasteiger partial charge in [-0.05, 0) is 24.3 Å². The molecule has 3 amide bonds. The van der Waals surface area contributed by atoms with Gasteiger partial charge in [-0.2, -0.15) is 13.2 Å². The molecule has 5 aromatic rings. The molecule has 0 aliphatic carbocycles. The van der Waals surface area contributed by atoms with Crippen molar-refractivity contribution >= 4 is 62.0 Å². The number of carbonyl (C=O) groups is 3. The Morgan fingerprint density at radius 3 is 1.65 bits per heavy atom. The molecule has 200 valence electrons. The molecule has 0 saturated heterocycles. The number of rotatable bonds is 4. The smallest absolute Gasteiger partial charge is 0.350 e. The van der Waals surface area contributed by atoms with Gasteiger partial charge >= 0.3 is 12.1 Å². The first kappa shape index (κ1) is 25.2. The number of imide groups is 1. The van der Waals surface area contributed by atoms with Crippen LogP contribution in [0.15, 0.2) is 85.2 Å². The molecular weight excluding hydrogens is 521 g/mol. The van der Waals surface area contributed by atoms with Crippen LogP contribution in [0.2, 0.25) is 0 Å². The van der Waals surface area contributed by atoms with Crippen LogP contribution < -0.4 is 10.2 Å². The summed E-state index contributed by atoms with van der Waals surface area (Å²) in [5.41, 5.74) is 2.45. The van der Waals surface area contributed by atoms with Crippen molar-refractivity contribution in [2.75, 3.05) is 10.2 Å². The molecule has 1 N–H and O–H groups in total. The lowest BCUT2D eigenvalue weighted by Gasteiger charge is -2.20. The van der Waals surface area contributed by atoms with Gasteiger partial charge in [0.25, 0.3) is 11.8 Å². The molecule has 0 fully saturated rings. The minimum atomic E-state index is -5.16. The summed E-state index contributed by atoms with van der Waals surface area (Å²) in [5.74, 6) is -3.63. The van der Waals surface area contributed by atoms with Gasteiger partial charge in [0, 0.05) is 59.4 Å². The van der Waals surface area contributed by atoms with Crippen molar-refractivity contribution < 1.29 is 27.6 Å². The first-order valence-corrected chi connectivity index (χ1v) is 12.3. The zero-order valence-electron chi connectivity index (χ0n) is 21.3. The van der Waals surface area contributed by atoms with Crippen molar-refractivity contribution in [3.8, 4) is 0 Å². The Kier molecular flexibility index (Phi) is 5.65. The maximum Gasteiger partial charge on any atom is 0.471 e. The number of hydrogen-bond donors (Lipinski definition) is 1. The van der Waals surface area contributed by atoms with E-state index in [1.807, 2.05) is 77.1 Å². The van der Waals surface area contributed by atoms with E-state index in [0.717, 1.165) is 26.7 Å². The number of aromatic nitrogens is 2. The first-order valence-electron chi connectivity index (χ1n) is 12.3. The fraction of sp³-hybridized carbons (Fsp3) is 0.100. The fourth-order valence-electron chi connectivity index (χ4n) is 5.30. The number of halogens is 3.